The van der Waals surface area contributed by atoms with Crippen molar-refractivity contribution in [2.24, 2.45) is 0 Å². The molecule has 2 nitrogen and oxygen atoms in total. The van der Waals surface area contributed by atoms with Crippen LogP contribution in [0.1, 0.15) is 29.4 Å². The Bertz CT molecular complexity index is 342. The first-order valence-corrected chi connectivity index (χ1v) is 4.20. The van der Waals surface area contributed by atoms with Crippen molar-refractivity contribution in [2.45, 2.75) is 20.3 Å². The zero-order chi connectivity index (χ0) is 9.84. The van der Waals surface area contributed by atoms with E-state index in [4.69, 9.17) is 0 Å². The Kier molecular flexibility index (Phi) is 2.96. The molecule has 1 rings (SSSR count). The fraction of sp³-hybridized carbons (Fsp3) is 0.273. The van der Waals surface area contributed by atoms with Crippen molar-refractivity contribution >= 4 is 5.78 Å². The first-order chi connectivity index (χ1) is 6.11. The van der Waals surface area contributed by atoms with Gasteiger partial charge in [0.1, 0.15) is 0 Å². The number of Topliss-reactive ketones (excluding diaryl/α,β-unsaturated/α-hetero) is 1. The number of ketones is 1. The van der Waals surface area contributed by atoms with Crippen LogP contribution < -0.4 is 0 Å². The normalized spacial score (nSPS) is 9.69. The first-order valence-electron chi connectivity index (χ1n) is 4.20. The Balaban J connectivity index is 2.89. The van der Waals surface area contributed by atoms with Gasteiger partial charge < -0.3 is 0 Å². The molecule has 0 N–H and O–H groups in total. The second kappa shape index (κ2) is 3.99. The topological polar surface area (TPSA) is 30.0 Å². The average molecular weight is 175 g/mol. The van der Waals surface area contributed by atoms with Gasteiger partial charge in [-0.1, -0.05) is 12.2 Å². The molecule has 0 aromatic carbocycles. The number of hydrogen-bond acceptors (Lipinski definition) is 2. The molecule has 1 aromatic heterocycles. The van der Waals surface area contributed by atoms with Crippen LogP contribution in [0.25, 0.3) is 0 Å². The van der Waals surface area contributed by atoms with Gasteiger partial charge in [0.15, 0.2) is 5.78 Å². The van der Waals surface area contributed by atoms with Crippen molar-refractivity contribution in [3.05, 3.63) is 41.7 Å². The Morgan fingerprint density at radius 3 is 2.85 bits per heavy atom. The van der Waals surface area contributed by atoms with E-state index in [2.05, 4.69) is 11.6 Å². The van der Waals surface area contributed by atoms with Gasteiger partial charge in [-0.25, -0.2) is 0 Å². The van der Waals surface area contributed by atoms with E-state index < -0.39 is 0 Å². The Morgan fingerprint density at radius 1 is 1.62 bits per heavy atom. The van der Waals surface area contributed by atoms with E-state index in [-0.39, 0.29) is 5.78 Å². The van der Waals surface area contributed by atoms with Gasteiger partial charge in [-0.05, 0) is 26.0 Å². The zero-order valence-electron chi connectivity index (χ0n) is 8.00. The molecular weight excluding hydrogens is 162 g/mol. The van der Waals surface area contributed by atoms with Gasteiger partial charge in [0, 0.05) is 23.9 Å². The highest BCUT2D eigenvalue weighted by Crippen LogP contribution is 2.09. The molecule has 0 spiro atoms. The lowest BCUT2D eigenvalue weighted by atomic mass is 10.0. The van der Waals surface area contributed by atoms with Gasteiger partial charge in [0.2, 0.25) is 0 Å². The maximum atomic E-state index is 11.6. The predicted molar refractivity (Wildman–Crippen MR) is 52.7 cm³/mol. The molecule has 68 valence electrons. The van der Waals surface area contributed by atoms with Crippen molar-refractivity contribution in [3.8, 4) is 0 Å². The summed E-state index contributed by atoms with van der Waals surface area (Å²) in [5.74, 6) is 0.0955. The van der Waals surface area contributed by atoms with E-state index in [1.54, 1.807) is 18.3 Å². The number of nitrogens with zero attached hydrogens (tertiary/aromatic N) is 1. The lowest BCUT2D eigenvalue weighted by molar-refractivity contribution is 0.0992. The second-order valence-corrected chi connectivity index (χ2v) is 3.19. The number of carbonyl (C=O) groups is 1. The number of allylic oxidation sites excluding steroid dienone is 1. The van der Waals surface area contributed by atoms with Crippen LogP contribution in [0.5, 0.6) is 0 Å². The van der Waals surface area contributed by atoms with E-state index in [0.29, 0.717) is 12.0 Å². The highest BCUT2D eigenvalue weighted by Gasteiger charge is 2.08. The highest BCUT2D eigenvalue weighted by molar-refractivity contribution is 5.98. The summed E-state index contributed by atoms with van der Waals surface area (Å²) in [6.45, 7) is 7.40. The van der Waals surface area contributed by atoms with Crippen LogP contribution >= 0.6 is 0 Å². The predicted octanol–water partition coefficient (Wildman–Crippen LogP) is 2.54. The van der Waals surface area contributed by atoms with Crippen LogP contribution in [0.2, 0.25) is 0 Å². The van der Waals surface area contributed by atoms with Crippen LogP contribution in [-0.2, 0) is 0 Å². The molecule has 1 heterocycles. The van der Waals surface area contributed by atoms with Gasteiger partial charge >= 0.3 is 0 Å². The molecule has 0 aliphatic heterocycles. The third kappa shape index (κ3) is 2.51. The van der Waals surface area contributed by atoms with Crippen LogP contribution in [-0.4, -0.2) is 10.8 Å². The van der Waals surface area contributed by atoms with E-state index in [0.717, 1.165) is 11.3 Å². The third-order valence-electron chi connectivity index (χ3n) is 1.77. The molecule has 0 aliphatic rings. The lowest BCUT2D eigenvalue weighted by Crippen LogP contribution is -2.02. The molecular formula is C11H13NO. The van der Waals surface area contributed by atoms with Crippen molar-refractivity contribution in [2.75, 3.05) is 0 Å². The number of aryl methyl sites for hydroxylation is 1. The molecule has 0 saturated carbocycles. The number of pyridine rings is 1. The average Bonchev–Trinajstić information content (AvgIpc) is 2.03. The third-order valence-corrected chi connectivity index (χ3v) is 1.77. The van der Waals surface area contributed by atoms with Crippen LogP contribution in [0.4, 0.5) is 0 Å². The van der Waals surface area contributed by atoms with Gasteiger partial charge in [-0.15, -0.1) is 0 Å². The van der Waals surface area contributed by atoms with Gasteiger partial charge in [0.25, 0.3) is 0 Å². The largest absolute Gasteiger partial charge is 0.294 e. The van der Waals surface area contributed by atoms with Crippen molar-refractivity contribution in [1.29, 1.82) is 0 Å². The van der Waals surface area contributed by atoms with Crippen LogP contribution in [0, 0.1) is 6.92 Å². The molecule has 2 heteroatoms. The Labute approximate surface area is 78.3 Å². The minimum absolute atomic E-state index is 0.0955. The second-order valence-electron chi connectivity index (χ2n) is 3.19. The molecule has 0 radical (unpaired) electrons. The van der Waals surface area contributed by atoms with Gasteiger partial charge in [0.05, 0.1) is 0 Å². The fourth-order valence-corrected chi connectivity index (χ4v) is 1.15. The summed E-state index contributed by atoms with van der Waals surface area (Å²) < 4.78 is 0. The van der Waals surface area contributed by atoms with E-state index in [1.165, 1.54) is 0 Å². The summed E-state index contributed by atoms with van der Waals surface area (Å²) in [4.78, 5) is 15.6. The molecule has 0 unspecified atom stereocenters. The summed E-state index contributed by atoms with van der Waals surface area (Å²) in [6, 6.07) is 3.58. The minimum atomic E-state index is 0.0955. The summed E-state index contributed by atoms with van der Waals surface area (Å²) >= 11 is 0. The van der Waals surface area contributed by atoms with E-state index in [1.807, 2.05) is 13.8 Å². The molecule has 0 bridgehead atoms. The molecule has 0 saturated heterocycles. The Hall–Kier alpha value is -1.44. The first kappa shape index (κ1) is 9.65. The van der Waals surface area contributed by atoms with Crippen molar-refractivity contribution in [3.63, 3.8) is 0 Å². The molecule has 1 aromatic rings. The van der Waals surface area contributed by atoms with Crippen molar-refractivity contribution in [1.82, 2.24) is 4.98 Å². The maximum absolute atomic E-state index is 11.6. The standard InChI is InChI=1S/C11H13NO/c1-8(2)7-11(13)10-5-4-6-12-9(10)3/h4-6H,1,7H2,2-3H3. The quantitative estimate of drug-likeness (QED) is 0.522. The van der Waals surface area contributed by atoms with E-state index >= 15 is 0 Å². The van der Waals surface area contributed by atoms with E-state index in [9.17, 15) is 4.79 Å². The highest BCUT2D eigenvalue weighted by atomic mass is 16.1. The summed E-state index contributed by atoms with van der Waals surface area (Å²) in [5.41, 5.74) is 2.37. The maximum Gasteiger partial charge on any atom is 0.168 e. The number of aromatic nitrogens is 1. The van der Waals surface area contributed by atoms with Gasteiger partial charge in [-0.2, -0.15) is 0 Å². The zero-order valence-corrected chi connectivity index (χ0v) is 8.00. The lowest BCUT2D eigenvalue weighted by Gasteiger charge is -2.02. The number of rotatable bonds is 3. The minimum Gasteiger partial charge on any atom is -0.294 e. The molecule has 0 amide bonds. The van der Waals surface area contributed by atoms with Crippen LogP contribution in [0.15, 0.2) is 30.5 Å². The van der Waals surface area contributed by atoms with Crippen LogP contribution in [0.3, 0.4) is 0 Å². The Morgan fingerprint density at radius 2 is 2.31 bits per heavy atom. The smallest absolute Gasteiger partial charge is 0.168 e. The SMILES string of the molecule is C=C(C)CC(=O)c1cccnc1C. The molecule has 13 heavy (non-hydrogen) atoms. The monoisotopic (exact) mass is 175 g/mol. The molecule has 0 fully saturated rings. The summed E-state index contributed by atoms with van der Waals surface area (Å²) in [7, 11) is 0. The van der Waals surface area contributed by atoms with Crippen molar-refractivity contribution < 1.29 is 4.79 Å². The summed E-state index contributed by atoms with van der Waals surface area (Å²) in [5, 5.41) is 0. The molecule has 0 aliphatic carbocycles. The summed E-state index contributed by atoms with van der Waals surface area (Å²) in [6.07, 6.45) is 2.10. The van der Waals surface area contributed by atoms with Gasteiger partial charge in [-0.3, -0.25) is 9.78 Å². The molecule has 0 atom stereocenters. The number of carbonyl (C=O) groups excluding carboxylic acids is 1. The fourth-order valence-electron chi connectivity index (χ4n) is 1.15. The number of hydrogen-bond donors (Lipinski definition) is 0.